The Hall–Kier alpha value is -1.22. The Balaban J connectivity index is 2.14. The quantitative estimate of drug-likeness (QED) is 0.792. The minimum atomic E-state index is -0.541. The molecule has 0 amide bonds. The summed E-state index contributed by atoms with van der Waals surface area (Å²) in [4.78, 5) is 0. The normalized spacial score (nSPS) is 21.6. The van der Waals surface area contributed by atoms with Crippen LogP contribution in [0.25, 0.3) is 0 Å². The summed E-state index contributed by atoms with van der Waals surface area (Å²) in [6, 6.07) is 7.53. The van der Waals surface area contributed by atoms with Crippen molar-refractivity contribution in [3.8, 4) is 11.5 Å². The highest BCUT2D eigenvalue weighted by atomic mass is 16.6. The van der Waals surface area contributed by atoms with Gasteiger partial charge in [0.25, 0.3) is 0 Å². The van der Waals surface area contributed by atoms with Crippen molar-refractivity contribution in [3.63, 3.8) is 0 Å². The van der Waals surface area contributed by atoms with Gasteiger partial charge in [0.05, 0.1) is 6.10 Å². The Labute approximate surface area is 96.0 Å². The summed E-state index contributed by atoms with van der Waals surface area (Å²) in [6.07, 6.45) is -0.837. The molecule has 0 spiro atoms. The monoisotopic (exact) mass is 222 g/mol. The number of ether oxygens (including phenoxy) is 2. The first-order valence-electron chi connectivity index (χ1n) is 5.55. The molecule has 0 aliphatic carbocycles. The van der Waals surface area contributed by atoms with Crippen molar-refractivity contribution in [2.24, 2.45) is 5.41 Å². The number of hydrogen-bond donors (Lipinski definition) is 1. The predicted octanol–water partition coefficient (Wildman–Crippen LogP) is 2.23. The lowest BCUT2D eigenvalue weighted by molar-refractivity contribution is -0.0606. The van der Waals surface area contributed by atoms with Crippen molar-refractivity contribution in [1.29, 1.82) is 0 Å². The SMILES string of the molecule is CC(C)(C)C(O)C1COc2ccccc2O1. The molecule has 0 bridgehead atoms. The molecule has 0 fully saturated rings. The highest BCUT2D eigenvalue weighted by Crippen LogP contribution is 2.34. The van der Waals surface area contributed by atoms with Gasteiger partial charge in [0.15, 0.2) is 17.6 Å². The van der Waals surface area contributed by atoms with E-state index in [2.05, 4.69) is 0 Å². The van der Waals surface area contributed by atoms with Crippen LogP contribution in [0.15, 0.2) is 24.3 Å². The number of rotatable bonds is 1. The molecule has 16 heavy (non-hydrogen) atoms. The zero-order valence-corrected chi connectivity index (χ0v) is 9.93. The van der Waals surface area contributed by atoms with Crippen molar-refractivity contribution in [2.75, 3.05) is 6.61 Å². The van der Waals surface area contributed by atoms with Crippen LogP contribution in [0.5, 0.6) is 11.5 Å². The molecule has 1 aromatic carbocycles. The Kier molecular flexibility index (Phi) is 2.80. The minimum Gasteiger partial charge on any atom is -0.486 e. The maximum absolute atomic E-state index is 10.1. The lowest BCUT2D eigenvalue weighted by Gasteiger charge is -2.35. The van der Waals surface area contributed by atoms with E-state index >= 15 is 0 Å². The fourth-order valence-electron chi connectivity index (χ4n) is 1.75. The summed E-state index contributed by atoms with van der Waals surface area (Å²) in [5.41, 5.74) is -0.208. The van der Waals surface area contributed by atoms with Crippen LogP contribution in [0.1, 0.15) is 20.8 Å². The second-order valence-corrected chi connectivity index (χ2v) is 5.22. The zero-order valence-electron chi connectivity index (χ0n) is 9.93. The molecule has 1 heterocycles. The van der Waals surface area contributed by atoms with Crippen molar-refractivity contribution in [1.82, 2.24) is 0 Å². The Morgan fingerprint density at radius 3 is 2.50 bits per heavy atom. The molecular weight excluding hydrogens is 204 g/mol. The number of para-hydroxylation sites is 2. The van der Waals surface area contributed by atoms with E-state index in [1.54, 1.807) is 0 Å². The average molecular weight is 222 g/mol. The number of fused-ring (bicyclic) bond motifs is 1. The molecule has 2 unspecified atom stereocenters. The Bertz CT molecular complexity index is 368. The van der Waals surface area contributed by atoms with Crippen molar-refractivity contribution in [2.45, 2.75) is 33.0 Å². The Morgan fingerprint density at radius 2 is 1.88 bits per heavy atom. The zero-order chi connectivity index (χ0) is 11.8. The van der Waals surface area contributed by atoms with Gasteiger partial charge in [-0.3, -0.25) is 0 Å². The summed E-state index contributed by atoms with van der Waals surface area (Å²) in [5.74, 6) is 1.46. The standard InChI is InChI=1S/C13H18O3/c1-13(2,3)12(14)11-8-15-9-6-4-5-7-10(9)16-11/h4-7,11-12,14H,8H2,1-3H3. The first-order chi connectivity index (χ1) is 7.48. The van der Waals surface area contributed by atoms with Crippen LogP contribution < -0.4 is 9.47 Å². The van der Waals surface area contributed by atoms with Gasteiger partial charge in [-0.25, -0.2) is 0 Å². The molecule has 0 saturated carbocycles. The molecular formula is C13H18O3. The first kappa shape index (κ1) is 11.3. The first-order valence-corrected chi connectivity index (χ1v) is 5.55. The molecule has 3 heteroatoms. The van der Waals surface area contributed by atoms with Crippen LogP contribution >= 0.6 is 0 Å². The van der Waals surface area contributed by atoms with Gasteiger partial charge in [0, 0.05) is 0 Å². The van der Waals surface area contributed by atoms with Crippen molar-refractivity contribution >= 4 is 0 Å². The van der Waals surface area contributed by atoms with Gasteiger partial charge >= 0.3 is 0 Å². The molecule has 0 radical (unpaired) electrons. The van der Waals surface area contributed by atoms with Gasteiger partial charge < -0.3 is 14.6 Å². The van der Waals surface area contributed by atoms with Crippen molar-refractivity contribution in [3.05, 3.63) is 24.3 Å². The minimum absolute atomic E-state index is 0.208. The van der Waals surface area contributed by atoms with Crippen LogP contribution in [0.4, 0.5) is 0 Å². The van der Waals surface area contributed by atoms with E-state index in [0.29, 0.717) is 12.4 Å². The maximum Gasteiger partial charge on any atom is 0.161 e. The van der Waals surface area contributed by atoms with Gasteiger partial charge in [-0.2, -0.15) is 0 Å². The third-order valence-corrected chi connectivity index (χ3v) is 2.77. The fraction of sp³-hybridized carbons (Fsp3) is 0.538. The highest BCUT2D eigenvalue weighted by molar-refractivity contribution is 5.40. The van der Waals surface area contributed by atoms with Gasteiger partial charge in [-0.15, -0.1) is 0 Å². The molecule has 2 rings (SSSR count). The van der Waals surface area contributed by atoms with Crippen LogP contribution in [-0.4, -0.2) is 23.9 Å². The highest BCUT2D eigenvalue weighted by Gasteiger charge is 2.35. The average Bonchev–Trinajstić information content (AvgIpc) is 2.26. The summed E-state index contributed by atoms with van der Waals surface area (Å²) in [6.45, 7) is 6.36. The molecule has 2 atom stereocenters. The van der Waals surface area contributed by atoms with Crippen LogP contribution in [0.2, 0.25) is 0 Å². The van der Waals surface area contributed by atoms with E-state index in [4.69, 9.17) is 9.47 Å². The lowest BCUT2D eigenvalue weighted by atomic mass is 9.86. The van der Waals surface area contributed by atoms with E-state index in [0.717, 1.165) is 5.75 Å². The van der Waals surface area contributed by atoms with E-state index in [9.17, 15) is 5.11 Å². The molecule has 1 aliphatic heterocycles. The van der Waals surface area contributed by atoms with Crippen molar-refractivity contribution < 1.29 is 14.6 Å². The molecule has 0 saturated heterocycles. The number of aliphatic hydroxyl groups excluding tert-OH is 1. The number of aliphatic hydroxyl groups is 1. The smallest absolute Gasteiger partial charge is 0.161 e. The summed E-state index contributed by atoms with van der Waals surface area (Å²) in [7, 11) is 0. The van der Waals surface area contributed by atoms with Gasteiger partial charge in [0.1, 0.15) is 6.61 Å². The van der Waals surface area contributed by atoms with Crippen LogP contribution in [0.3, 0.4) is 0 Å². The second-order valence-electron chi connectivity index (χ2n) is 5.22. The molecule has 1 aromatic rings. The van der Waals surface area contributed by atoms with Gasteiger partial charge in [-0.1, -0.05) is 32.9 Å². The fourth-order valence-corrected chi connectivity index (χ4v) is 1.75. The number of benzene rings is 1. The lowest BCUT2D eigenvalue weighted by Crippen LogP contribution is -2.46. The van der Waals surface area contributed by atoms with Crippen LogP contribution in [-0.2, 0) is 0 Å². The largest absolute Gasteiger partial charge is 0.486 e. The van der Waals surface area contributed by atoms with E-state index in [1.165, 1.54) is 0 Å². The third-order valence-electron chi connectivity index (χ3n) is 2.77. The van der Waals surface area contributed by atoms with E-state index in [-0.39, 0.29) is 11.5 Å². The van der Waals surface area contributed by atoms with Crippen LogP contribution in [0, 0.1) is 5.41 Å². The van der Waals surface area contributed by atoms with Gasteiger partial charge in [-0.05, 0) is 17.5 Å². The number of hydrogen-bond acceptors (Lipinski definition) is 3. The maximum atomic E-state index is 10.1. The van der Waals surface area contributed by atoms with E-state index < -0.39 is 6.10 Å². The topological polar surface area (TPSA) is 38.7 Å². The third kappa shape index (κ3) is 2.14. The summed E-state index contributed by atoms with van der Waals surface area (Å²) < 4.78 is 11.3. The predicted molar refractivity (Wildman–Crippen MR) is 61.8 cm³/mol. The molecule has 88 valence electrons. The molecule has 3 nitrogen and oxygen atoms in total. The molecule has 1 N–H and O–H groups in total. The Morgan fingerprint density at radius 1 is 1.25 bits per heavy atom. The second kappa shape index (κ2) is 3.98. The molecule has 1 aliphatic rings. The van der Waals surface area contributed by atoms with E-state index in [1.807, 2.05) is 45.0 Å². The summed E-state index contributed by atoms with van der Waals surface area (Å²) >= 11 is 0. The van der Waals surface area contributed by atoms with Gasteiger partial charge in [0.2, 0.25) is 0 Å². The molecule has 0 aromatic heterocycles. The summed E-state index contributed by atoms with van der Waals surface area (Å²) in [5, 5.41) is 10.1.